The van der Waals surface area contributed by atoms with Gasteiger partial charge >= 0.3 is 0 Å². The quantitative estimate of drug-likeness (QED) is 0.390. The fraction of sp³-hybridized carbons (Fsp3) is 0.529. The normalized spacial score (nSPS) is 11.1. The van der Waals surface area contributed by atoms with E-state index in [0.717, 1.165) is 17.7 Å². The van der Waals surface area contributed by atoms with Crippen LogP contribution < -0.4 is 15.4 Å². The molecule has 7 nitrogen and oxygen atoms in total. The highest BCUT2D eigenvalue weighted by atomic mass is 16.5. The van der Waals surface area contributed by atoms with Crippen LogP contribution in [0.4, 0.5) is 0 Å². The number of ether oxygens (including phenoxy) is 2. The monoisotopic (exact) mass is 336 g/mol. The Bertz CT molecular complexity index is 532. The molecule has 0 radical (unpaired) electrons. The molecular formula is C17H28N4O3. The molecule has 134 valence electrons. The molecule has 24 heavy (non-hydrogen) atoms. The van der Waals surface area contributed by atoms with Gasteiger partial charge in [0.25, 0.3) is 0 Å². The molecule has 0 saturated carbocycles. The Balaban J connectivity index is 2.57. The van der Waals surface area contributed by atoms with Gasteiger partial charge in [-0.1, -0.05) is 18.2 Å². The topological polar surface area (TPSA) is 75.2 Å². The fourth-order valence-corrected chi connectivity index (χ4v) is 1.96. The maximum atomic E-state index is 11.7. The summed E-state index contributed by atoms with van der Waals surface area (Å²) in [6.45, 7) is 1.96. The Hall–Kier alpha value is -2.28. The lowest BCUT2D eigenvalue weighted by molar-refractivity contribution is -0.127. The first-order valence-electron chi connectivity index (χ1n) is 7.91. The number of para-hydroxylation sites is 1. The molecule has 0 unspecified atom stereocenters. The van der Waals surface area contributed by atoms with E-state index >= 15 is 0 Å². The number of nitrogens with one attached hydrogen (secondary N) is 2. The van der Waals surface area contributed by atoms with Crippen LogP contribution in [0.25, 0.3) is 0 Å². The van der Waals surface area contributed by atoms with Gasteiger partial charge in [0, 0.05) is 34.3 Å². The van der Waals surface area contributed by atoms with Crippen LogP contribution in [0, 0.1) is 0 Å². The number of aliphatic imine (C=N–C) groups is 1. The summed E-state index contributed by atoms with van der Waals surface area (Å²) >= 11 is 0. The summed E-state index contributed by atoms with van der Waals surface area (Å²) in [6.07, 6.45) is 0.788. The van der Waals surface area contributed by atoms with Gasteiger partial charge in [-0.25, -0.2) is 4.99 Å². The van der Waals surface area contributed by atoms with Crippen molar-refractivity contribution in [3.8, 4) is 5.75 Å². The molecule has 1 aromatic carbocycles. The minimum absolute atomic E-state index is 0.0485. The molecular weight excluding hydrogens is 308 g/mol. The van der Waals surface area contributed by atoms with Crippen LogP contribution in [0.5, 0.6) is 5.75 Å². The van der Waals surface area contributed by atoms with Crippen LogP contribution in [-0.2, 0) is 16.0 Å². The molecule has 0 aliphatic carbocycles. The first-order valence-corrected chi connectivity index (χ1v) is 7.91. The van der Waals surface area contributed by atoms with Crippen LogP contribution in [0.3, 0.4) is 0 Å². The van der Waals surface area contributed by atoms with Gasteiger partial charge in [0.1, 0.15) is 12.3 Å². The number of carbonyl (C=O) groups is 1. The van der Waals surface area contributed by atoms with E-state index < -0.39 is 0 Å². The van der Waals surface area contributed by atoms with Crippen molar-refractivity contribution in [1.29, 1.82) is 0 Å². The summed E-state index contributed by atoms with van der Waals surface area (Å²) in [5.74, 6) is 1.41. The van der Waals surface area contributed by atoms with Crippen LogP contribution in [0.2, 0.25) is 0 Å². The molecule has 2 N–H and O–H groups in total. The standard InChI is InChI=1S/C17H28N4O3/c1-21(2)16(22)13-20-17(19-11-12-23-3)18-10-9-14-7-5-6-8-15(14)24-4/h5-8H,9-13H2,1-4H3,(H2,18,19,20). The first-order chi connectivity index (χ1) is 11.6. The molecule has 1 amide bonds. The third-order valence-corrected chi connectivity index (χ3v) is 3.35. The SMILES string of the molecule is COCCNC(=NCC(=O)N(C)C)NCCc1ccccc1OC. The number of guanidine groups is 1. The average molecular weight is 336 g/mol. The fourth-order valence-electron chi connectivity index (χ4n) is 1.96. The van der Waals surface area contributed by atoms with Crippen molar-refractivity contribution in [3.63, 3.8) is 0 Å². The van der Waals surface area contributed by atoms with Gasteiger partial charge in [0.2, 0.25) is 5.91 Å². The number of hydrogen-bond acceptors (Lipinski definition) is 4. The zero-order valence-electron chi connectivity index (χ0n) is 15.0. The molecule has 0 heterocycles. The largest absolute Gasteiger partial charge is 0.496 e. The zero-order chi connectivity index (χ0) is 17.8. The second-order valence-electron chi connectivity index (χ2n) is 5.36. The summed E-state index contributed by atoms with van der Waals surface area (Å²) in [6, 6.07) is 7.91. The average Bonchev–Trinajstić information content (AvgIpc) is 2.59. The number of amides is 1. The molecule has 0 aliphatic rings. The van der Waals surface area contributed by atoms with E-state index in [1.54, 1.807) is 28.3 Å². The highest BCUT2D eigenvalue weighted by Crippen LogP contribution is 2.17. The predicted octanol–water partition coefficient (Wildman–Crippen LogP) is 0.508. The number of methoxy groups -OCH3 is 2. The molecule has 7 heteroatoms. The van der Waals surface area contributed by atoms with Crippen molar-refractivity contribution in [3.05, 3.63) is 29.8 Å². The third-order valence-electron chi connectivity index (χ3n) is 3.35. The Morgan fingerprint density at radius 2 is 1.88 bits per heavy atom. The second-order valence-corrected chi connectivity index (χ2v) is 5.36. The van der Waals surface area contributed by atoms with E-state index in [0.29, 0.717) is 25.7 Å². The van der Waals surface area contributed by atoms with Gasteiger partial charge in [-0.2, -0.15) is 0 Å². The summed E-state index contributed by atoms with van der Waals surface area (Å²) in [5, 5.41) is 6.37. The number of rotatable bonds is 9. The van der Waals surface area contributed by atoms with Gasteiger partial charge in [0.15, 0.2) is 5.96 Å². The number of likely N-dealkylation sites (N-methyl/N-ethyl adjacent to an activating group) is 1. The second kappa shape index (κ2) is 11.3. The molecule has 0 aromatic heterocycles. The van der Waals surface area contributed by atoms with Crippen molar-refractivity contribution in [2.75, 3.05) is 54.6 Å². The van der Waals surface area contributed by atoms with Crippen molar-refractivity contribution in [2.45, 2.75) is 6.42 Å². The van der Waals surface area contributed by atoms with Crippen molar-refractivity contribution in [2.24, 2.45) is 4.99 Å². The Kier molecular flexibility index (Phi) is 9.29. The molecule has 0 fully saturated rings. The molecule has 0 spiro atoms. The maximum absolute atomic E-state index is 11.7. The van der Waals surface area contributed by atoms with E-state index in [1.807, 2.05) is 24.3 Å². The van der Waals surface area contributed by atoms with Crippen molar-refractivity contribution < 1.29 is 14.3 Å². The molecule has 0 atom stereocenters. The van der Waals surface area contributed by atoms with Gasteiger partial charge in [0.05, 0.1) is 13.7 Å². The summed E-state index contributed by atoms with van der Waals surface area (Å²) in [5.41, 5.74) is 1.12. The third kappa shape index (κ3) is 7.32. The molecule has 0 bridgehead atoms. The van der Waals surface area contributed by atoms with Gasteiger partial charge in [-0.3, -0.25) is 4.79 Å². The molecule has 0 saturated heterocycles. The van der Waals surface area contributed by atoms with E-state index in [1.165, 1.54) is 4.90 Å². The van der Waals surface area contributed by atoms with Crippen molar-refractivity contribution in [1.82, 2.24) is 15.5 Å². The van der Waals surface area contributed by atoms with Gasteiger partial charge in [-0.15, -0.1) is 0 Å². The van der Waals surface area contributed by atoms with Crippen LogP contribution in [-0.4, -0.2) is 71.3 Å². The van der Waals surface area contributed by atoms with Crippen LogP contribution in [0.1, 0.15) is 5.56 Å². The number of benzene rings is 1. The highest BCUT2D eigenvalue weighted by molar-refractivity contribution is 5.84. The lowest BCUT2D eigenvalue weighted by Gasteiger charge is -2.14. The van der Waals surface area contributed by atoms with E-state index in [-0.39, 0.29) is 12.5 Å². The first kappa shape index (κ1) is 19.8. The van der Waals surface area contributed by atoms with E-state index in [9.17, 15) is 4.79 Å². The van der Waals surface area contributed by atoms with Gasteiger partial charge in [-0.05, 0) is 18.1 Å². The lowest BCUT2D eigenvalue weighted by Crippen LogP contribution is -2.40. The Labute approximate surface area is 144 Å². The van der Waals surface area contributed by atoms with E-state index in [2.05, 4.69) is 15.6 Å². The van der Waals surface area contributed by atoms with Crippen LogP contribution >= 0.6 is 0 Å². The minimum atomic E-state index is -0.0485. The Morgan fingerprint density at radius 3 is 2.54 bits per heavy atom. The van der Waals surface area contributed by atoms with Crippen LogP contribution in [0.15, 0.2) is 29.3 Å². The molecule has 1 aromatic rings. The summed E-state index contributed by atoms with van der Waals surface area (Å²) < 4.78 is 10.4. The van der Waals surface area contributed by atoms with Crippen molar-refractivity contribution >= 4 is 11.9 Å². The number of nitrogens with zero attached hydrogens (tertiary/aromatic N) is 2. The van der Waals surface area contributed by atoms with Gasteiger partial charge < -0.3 is 25.0 Å². The smallest absolute Gasteiger partial charge is 0.243 e. The summed E-state index contributed by atoms with van der Waals surface area (Å²) in [4.78, 5) is 17.5. The lowest BCUT2D eigenvalue weighted by atomic mass is 10.1. The maximum Gasteiger partial charge on any atom is 0.243 e. The highest BCUT2D eigenvalue weighted by Gasteiger charge is 2.05. The van der Waals surface area contributed by atoms with E-state index in [4.69, 9.17) is 9.47 Å². The number of carbonyl (C=O) groups excluding carboxylic acids is 1. The minimum Gasteiger partial charge on any atom is -0.496 e. The predicted molar refractivity (Wildman–Crippen MR) is 95.6 cm³/mol. The Morgan fingerprint density at radius 1 is 1.17 bits per heavy atom. The number of hydrogen-bond donors (Lipinski definition) is 2. The zero-order valence-corrected chi connectivity index (χ0v) is 15.0. The molecule has 0 aliphatic heterocycles. The summed E-state index contributed by atoms with van der Waals surface area (Å²) in [7, 11) is 6.73. The molecule has 1 rings (SSSR count).